The van der Waals surface area contributed by atoms with E-state index in [1.165, 1.54) is 0 Å². The van der Waals surface area contributed by atoms with E-state index in [-0.39, 0.29) is 5.92 Å². The summed E-state index contributed by atoms with van der Waals surface area (Å²) in [5, 5.41) is 8.79. The van der Waals surface area contributed by atoms with Crippen LogP contribution in [0.5, 0.6) is 0 Å². The van der Waals surface area contributed by atoms with Gasteiger partial charge in [0.05, 0.1) is 5.56 Å². The molecule has 1 unspecified atom stereocenters. The van der Waals surface area contributed by atoms with E-state index in [4.69, 9.17) is 5.11 Å². The molecule has 118 valence electrons. The average Bonchev–Trinajstić information content (AvgIpc) is 2.29. The van der Waals surface area contributed by atoms with Crippen LogP contribution in [0.25, 0.3) is 0 Å². The van der Waals surface area contributed by atoms with Gasteiger partial charge in [0.1, 0.15) is 4.90 Å². The lowest BCUT2D eigenvalue weighted by molar-refractivity contribution is 0.0696. The normalized spacial score (nSPS) is 13.4. The minimum absolute atomic E-state index is 0.203. The lowest BCUT2D eigenvalue weighted by Crippen LogP contribution is -2.34. The van der Waals surface area contributed by atoms with Crippen LogP contribution in [0.2, 0.25) is 0 Å². The fraction of sp³-hybridized carbons (Fsp3) is 0.462. The molecule has 1 atom stereocenters. The topological polar surface area (TPSA) is 83.5 Å². The molecular formula is C13H17F2NO4S. The van der Waals surface area contributed by atoms with Crippen molar-refractivity contribution in [1.82, 2.24) is 4.72 Å². The Hall–Kier alpha value is -1.54. The Balaban J connectivity index is 3.22. The fourth-order valence-corrected chi connectivity index (χ4v) is 3.33. The molecule has 0 aromatic heterocycles. The summed E-state index contributed by atoms with van der Waals surface area (Å²) >= 11 is 0. The second-order valence-corrected chi connectivity index (χ2v) is 6.91. The molecule has 0 amide bonds. The number of rotatable bonds is 6. The monoisotopic (exact) mass is 321 g/mol. The number of carboxylic acids is 1. The molecule has 0 bridgehead atoms. The van der Waals surface area contributed by atoms with E-state index < -0.39 is 44.1 Å². The molecule has 1 aromatic rings. The molecule has 0 saturated heterocycles. The summed E-state index contributed by atoms with van der Waals surface area (Å²) in [6.07, 6.45) is 0.502. The smallest absolute Gasteiger partial charge is 0.335 e. The van der Waals surface area contributed by atoms with Crippen LogP contribution in [-0.4, -0.2) is 25.5 Å². The number of carboxylic acid groups (broad SMARTS) is 1. The highest BCUT2D eigenvalue weighted by Crippen LogP contribution is 2.21. The zero-order valence-corrected chi connectivity index (χ0v) is 12.7. The molecule has 0 aliphatic rings. The Morgan fingerprint density at radius 1 is 1.29 bits per heavy atom. The Morgan fingerprint density at radius 3 is 2.33 bits per heavy atom. The van der Waals surface area contributed by atoms with Crippen molar-refractivity contribution in [3.8, 4) is 0 Å². The first kappa shape index (κ1) is 17.5. The maximum absolute atomic E-state index is 13.7. The van der Waals surface area contributed by atoms with Crippen LogP contribution < -0.4 is 4.72 Å². The predicted octanol–water partition coefficient (Wildman–Crippen LogP) is 2.38. The van der Waals surface area contributed by atoms with Crippen molar-refractivity contribution in [2.75, 3.05) is 0 Å². The summed E-state index contributed by atoms with van der Waals surface area (Å²) in [5.41, 5.74) is -0.634. The molecule has 0 aliphatic heterocycles. The molecule has 21 heavy (non-hydrogen) atoms. The molecule has 8 heteroatoms. The first-order valence-electron chi connectivity index (χ1n) is 6.29. The van der Waals surface area contributed by atoms with Gasteiger partial charge in [0.2, 0.25) is 10.0 Å². The van der Waals surface area contributed by atoms with Crippen molar-refractivity contribution < 1.29 is 27.1 Å². The lowest BCUT2D eigenvalue weighted by Gasteiger charge is -2.16. The van der Waals surface area contributed by atoms with Gasteiger partial charge >= 0.3 is 5.97 Å². The third kappa shape index (κ3) is 4.47. The number of hydrogen-bond acceptors (Lipinski definition) is 3. The number of halogens is 2. The molecule has 0 heterocycles. The Kier molecular flexibility index (Phi) is 5.41. The van der Waals surface area contributed by atoms with E-state index in [0.717, 1.165) is 0 Å². The Morgan fingerprint density at radius 2 is 1.86 bits per heavy atom. The number of benzene rings is 1. The first-order valence-corrected chi connectivity index (χ1v) is 7.77. The van der Waals surface area contributed by atoms with Gasteiger partial charge in [-0.15, -0.1) is 0 Å². The second-order valence-electron chi connectivity index (χ2n) is 5.23. The summed E-state index contributed by atoms with van der Waals surface area (Å²) in [5.74, 6) is -4.45. The third-order valence-electron chi connectivity index (χ3n) is 2.71. The van der Waals surface area contributed by atoms with Crippen LogP contribution in [0.15, 0.2) is 17.0 Å². The van der Waals surface area contributed by atoms with E-state index >= 15 is 0 Å². The number of nitrogens with one attached hydrogen (secondary N) is 1. The lowest BCUT2D eigenvalue weighted by atomic mass is 10.1. The van der Waals surface area contributed by atoms with Gasteiger partial charge in [-0.05, 0) is 31.4 Å². The van der Waals surface area contributed by atoms with E-state index in [1.807, 2.05) is 13.8 Å². The number of sulfonamides is 1. The summed E-state index contributed by atoms with van der Waals surface area (Å²) in [6.45, 7) is 5.36. The molecule has 2 N–H and O–H groups in total. The van der Waals surface area contributed by atoms with Crippen molar-refractivity contribution in [2.24, 2.45) is 5.92 Å². The minimum atomic E-state index is -4.34. The van der Waals surface area contributed by atoms with E-state index in [2.05, 4.69) is 4.72 Å². The van der Waals surface area contributed by atoms with Gasteiger partial charge in [-0.1, -0.05) is 13.8 Å². The van der Waals surface area contributed by atoms with Crippen molar-refractivity contribution in [2.45, 2.75) is 38.1 Å². The van der Waals surface area contributed by atoms with E-state index in [1.54, 1.807) is 6.92 Å². The number of hydrogen-bond donors (Lipinski definition) is 2. The highest BCUT2D eigenvalue weighted by atomic mass is 32.2. The van der Waals surface area contributed by atoms with Gasteiger partial charge < -0.3 is 5.11 Å². The Bertz CT molecular complexity index is 644. The highest BCUT2D eigenvalue weighted by Gasteiger charge is 2.26. The van der Waals surface area contributed by atoms with E-state index in [0.29, 0.717) is 18.6 Å². The van der Waals surface area contributed by atoms with Crippen molar-refractivity contribution in [3.05, 3.63) is 29.3 Å². The summed E-state index contributed by atoms with van der Waals surface area (Å²) in [4.78, 5) is 9.80. The zero-order valence-electron chi connectivity index (χ0n) is 11.9. The molecule has 1 aromatic carbocycles. The van der Waals surface area contributed by atoms with Gasteiger partial charge in [-0.3, -0.25) is 0 Å². The van der Waals surface area contributed by atoms with Crippen LogP contribution in [0, 0.1) is 17.6 Å². The van der Waals surface area contributed by atoms with Crippen molar-refractivity contribution in [1.29, 1.82) is 0 Å². The van der Waals surface area contributed by atoms with Crippen LogP contribution in [0.3, 0.4) is 0 Å². The van der Waals surface area contributed by atoms with Gasteiger partial charge in [0.15, 0.2) is 11.6 Å². The molecule has 1 rings (SSSR count). The van der Waals surface area contributed by atoms with Crippen LogP contribution in [0.1, 0.15) is 37.6 Å². The molecule has 5 nitrogen and oxygen atoms in total. The SMILES string of the molecule is CC(C)CC(C)NS(=O)(=O)c1cc(C(=O)O)cc(F)c1F. The molecule has 0 spiro atoms. The van der Waals surface area contributed by atoms with Crippen molar-refractivity contribution in [3.63, 3.8) is 0 Å². The standard InChI is InChI=1S/C13H17F2NO4S/c1-7(2)4-8(3)16-21(19,20)11-6-9(13(17)18)5-10(14)12(11)15/h5-8,16H,4H2,1-3H3,(H,17,18). The largest absolute Gasteiger partial charge is 0.478 e. The molecule has 0 fully saturated rings. The first-order chi connectivity index (χ1) is 9.54. The fourth-order valence-electron chi connectivity index (χ4n) is 1.97. The summed E-state index contributed by atoms with van der Waals surface area (Å²) < 4.78 is 53.3. The minimum Gasteiger partial charge on any atom is -0.478 e. The highest BCUT2D eigenvalue weighted by molar-refractivity contribution is 7.89. The predicted molar refractivity (Wildman–Crippen MR) is 72.6 cm³/mol. The van der Waals surface area contributed by atoms with Crippen LogP contribution in [-0.2, 0) is 10.0 Å². The maximum Gasteiger partial charge on any atom is 0.335 e. The molecular weight excluding hydrogens is 304 g/mol. The average molecular weight is 321 g/mol. The molecule has 0 aliphatic carbocycles. The maximum atomic E-state index is 13.7. The molecule has 0 radical (unpaired) electrons. The van der Waals surface area contributed by atoms with Gasteiger partial charge in [0.25, 0.3) is 0 Å². The van der Waals surface area contributed by atoms with Crippen LogP contribution >= 0.6 is 0 Å². The van der Waals surface area contributed by atoms with Crippen molar-refractivity contribution >= 4 is 16.0 Å². The molecule has 0 saturated carbocycles. The summed E-state index contributed by atoms with van der Waals surface area (Å²) in [6, 6.07) is 0.547. The third-order valence-corrected chi connectivity index (χ3v) is 4.30. The van der Waals surface area contributed by atoms with Gasteiger partial charge in [-0.25, -0.2) is 26.7 Å². The number of carbonyl (C=O) groups is 1. The summed E-state index contributed by atoms with van der Waals surface area (Å²) in [7, 11) is -4.34. The van der Waals surface area contributed by atoms with Gasteiger partial charge in [-0.2, -0.15) is 0 Å². The van der Waals surface area contributed by atoms with E-state index in [9.17, 15) is 22.0 Å². The quantitative estimate of drug-likeness (QED) is 0.842. The number of aromatic carboxylic acids is 1. The Labute approximate surface area is 122 Å². The second kappa shape index (κ2) is 6.48. The zero-order chi connectivity index (χ0) is 16.4. The van der Waals surface area contributed by atoms with Crippen LogP contribution in [0.4, 0.5) is 8.78 Å². The van der Waals surface area contributed by atoms with Gasteiger partial charge in [0, 0.05) is 6.04 Å².